The van der Waals surface area contributed by atoms with Crippen molar-refractivity contribution in [1.29, 1.82) is 0 Å². The molecule has 0 aliphatic carbocycles. The van der Waals surface area contributed by atoms with Gasteiger partial charge in [0, 0.05) is 6.07 Å². The number of ether oxygens (including phenoxy) is 1. The van der Waals surface area contributed by atoms with Crippen LogP contribution in [0.2, 0.25) is 0 Å². The van der Waals surface area contributed by atoms with Crippen molar-refractivity contribution in [1.82, 2.24) is 4.57 Å². The lowest BCUT2D eigenvalue weighted by Crippen LogP contribution is -2.59. The molecule has 0 saturated carbocycles. The third-order valence-corrected chi connectivity index (χ3v) is 3.09. The second-order valence-corrected chi connectivity index (χ2v) is 4.22. The van der Waals surface area contributed by atoms with Gasteiger partial charge in [-0.2, -0.15) is 13.9 Å². The molecule has 0 amide bonds. The zero-order valence-corrected chi connectivity index (χ0v) is 9.80. The molecule has 5 N–H and O–H groups in total. The summed E-state index contributed by atoms with van der Waals surface area (Å²) in [6, 6.07) is 1.48. The van der Waals surface area contributed by atoms with Crippen LogP contribution in [0.5, 0.6) is 0 Å². The average Bonchev–Trinajstić information content (AvgIpc) is 2.64. The third-order valence-electron chi connectivity index (χ3n) is 3.09. The van der Waals surface area contributed by atoms with Gasteiger partial charge in [0.15, 0.2) is 5.82 Å². The van der Waals surface area contributed by atoms with E-state index < -0.39 is 36.8 Å². The molecule has 1 saturated heterocycles. The van der Waals surface area contributed by atoms with Crippen molar-refractivity contribution in [3.63, 3.8) is 0 Å². The summed E-state index contributed by atoms with van der Waals surface area (Å²) in [5.74, 6) is 0.267. The highest BCUT2D eigenvalue weighted by molar-refractivity contribution is 5.24. The zero-order valence-electron chi connectivity index (χ0n) is 9.80. The Balaban J connectivity index is 2.39. The van der Waals surface area contributed by atoms with E-state index in [1.54, 1.807) is 0 Å². The monoisotopic (exact) mass is 258 g/mol. The number of aliphatic hydroxyl groups is 3. The van der Waals surface area contributed by atoms with Crippen molar-refractivity contribution >= 4 is 5.82 Å². The maximum Gasteiger partial charge on any atom is 0.501 e. The summed E-state index contributed by atoms with van der Waals surface area (Å²) in [5.41, 5.74) is 5.08. The summed E-state index contributed by atoms with van der Waals surface area (Å²) in [7, 11) is 1.48. The minimum absolute atomic E-state index is 0.267. The number of hydrogen-bond acceptors (Lipinski definition) is 6. The van der Waals surface area contributed by atoms with Crippen molar-refractivity contribution in [2.45, 2.75) is 24.5 Å². The van der Waals surface area contributed by atoms with Crippen molar-refractivity contribution in [3.8, 4) is 0 Å². The zero-order chi connectivity index (χ0) is 13.4. The third kappa shape index (κ3) is 1.89. The number of aromatic nitrogens is 2. The quantitative estimate of drug-likeness (QED) is 0.416. The first-order valence-corrected chi connectivity index (χ1v) is 5.46. The van der Waals surface area contributed by atoms with Gasteiger partial charge in [-0.15, -0.1) is 0 Å². The molecule has 1 aliphatic heterocycles. The van der Waals surface area contributed by atoms with Crippen molar-refractivity contribution < 1.29 is 24.6 Å². The molecule has 18 heavy (non-hydrogen) atoms. The summed E-state index contributed by atoms with van der Waals surface area (Å²) in [5, 5.41) is 28.4. The Kier molecular flexibility index (Phi) is 3.35. The summed E-state index contributed by atoms with van der Waals surface area (Å²) >= 11 is 0. The minimum Gasteiger partial charge on any atom is -0.394 e. The van der Waals surface area contributed by atoms with Crippen LogP contribution in [0.1, 0.15) is 6.23 Å². The molecule has 0 spiro atoms. The molecule has 100 valence electrons. The molecule has 1 aliphatic rings. The van der Waals surface area contributed by atoms with Gasteiger partial charge in [0.2, 0.25) is 6.23 Å². The molecule has 1 aromatic heterocycles. The van der Waals surface area contributed by atoms with Gasteiger partial charge in [-0.3, -0.25) is 0 Å². The number of rotatable bonds is 2. The second kappa shape index (κ2) is 4.65. The molecule has 0 radical (unpaired) electrons. The molecule has 1 aromatic rings. The van der Waals surface area contributed by atoms with Gasteiger partial charge < -0.3 is 25.8 Å². The topological polar surface area (TPSA) is 122 Å². The van der Waals surface area contributed by atoms with Crippen LogP contribution in [-0.2, 0) is 11.8 Å². The highest BCUT2D eigenvalue weighted by atomic mass is 16.6. The summed E-state index contributed by atoms with van der Waals surface area (Å²) in [6.45, 7) is -0.440. The normalized spacial score (nSPS) is 31.8. The molecule has 1 unspecified atom stereocenters. The van der Waals surface area contributed by atoms with E-state index in [1.807, 2.05) is 0 Å². The molecular formula is C10H16N3O5+. The van der Waals surface area contributed by atoms with Crippen LogP contribution in [0.15, 0.2) is 17.1 Å². The van der Waals surface area contributed by atoms with Crippen LogP contribution < -0.4 is 16.0 Å². The Hall–Kier alpha value is -1.48. The van der Waals surface area contributed by atoms with Crippen LogP contribution in [0.3, 0.4) is 0 Å². The molecule has 2 rings (SSSR count). The standard InChI is InChI=1S/C10H15N3O5/c1-12-6(11)2-3-13(10(12)17)9-8(16)7(15)5(4-14)18-9/h2-3,5,7-9,11,14-16H,4H2,1H3/p+1/t5-,7?,8+,9-/m1/s1. The Labute approximate surface area is 102 Å². The Morgan fingerprint density at radius 2 is 2.17 bits per heavy atom. The van der Waals surface area contributed by atoms with E-state index >= 15 is 0 Å². The van der Waals surface area contributed by atoms with Crippen LogP contribution in [0.4, 0.5) is 5.82 Å². The van der Waals surface area contributed by atoms with Gasteiger partial charge in [-0.25, -0.2) is 0 Å². The lowest BCUT2D eigenvalue weighted by atomic mass is 10.1. The van der Waals surface area contributed by atoms with Crippen LogP contribution >= 0.6 is 0 Å². The predicted octanol–water partition coefficient (Wildman–Crippen LogP) is -3.13. The minimum atomic E-state index is -1.29. The van der Waals surface area contributed by atoms with E-state index in [9.17, 15) is 15.0 Å². The first-order chi connectivity index (χ1) is 8.47. The van der Waals surface area contributed by atoms with Crippen LogP contribution in [0, 0.1) is 0 Å². The second-order valence-electron chi connectivity index (χ2n) is 4.22. The van der Waals surface area contributed by atoms with E-state index in [1.165, 1.54) is 23.9 Å². The Bertz CT molecular complexity index is 503. The van der Waals surface area contributed by atoms with Crippen molar-refractivity contribution in [3.05, 3.63) is 22.7 Å². The van der Waals surface area contributed by atoms with Crippen LogP contribution in [-0.4, -0.2) is 44.8 Å². The fourth-order valence-corrected chi connectivity index (χ4v) is 1.92. The first-order valence-electron chi connectivity index (χ1n) is 5.46. The number of nitrogens with zero attached hydrogens (tertiary/aromatic N) is 2. The SMILES string of the molecule is Cn1c(N)cc[n+]([C@@H]2O[C@H](CO)C(O)[C@@H]2O)c1=O. The van der Waals surface area contributed by atoms with Gasteiger partial charge in [0.25, 0.3) is 0 Å². The van der Waals surface area contributed by atoms with E-state index in [0.717, 1.165) is 4.57 Å². The van der Waals surface area contributed by atoms with Gasteiger partial charge in [-0.05, 0) is 0 Å². The van der Waals surface area contributed by atoms with Gasteiger partial charge in [0.1, 0.15) is 24.5 Å². The highest BCUT2D eigenvalue weighted by Gasteiger charge is 2.46. The van der Waals surface area contributed by atoms with Gasteiger partial charge in [-0.1, -0.05) is 0 Å². The molecule has 0 bridgehead atoms. The van der Waals surface area contributed by atoms with Gasteiger partial charge >= 0.3 is 5.69 Å². The maximum absolute atomic E-state index is 11.9. The summed E-state index contributed by atoms with van der Waals surface area (Å²) in [4.78, 5) is 11.9. The molecule has 1 fully saturated rings. The first kappa shape index (κ1) is 13.0. The number of hydrogen-bond donors (Lipinski definition) is 4. The number of anilines is 1. The highest BCUT2D eigenvalue weighted by Crippen LogP contribution is 2.24. The van der Waals surface area contributed by atoms with Crippen molar-refractivity contribution in [2.75, 3.05) is 12.3 Å². The Morgan fingerprint density at radius 1 is 1.50 bits per heavy atom. The largest absolute Gasteiger partial charge is 0.501 e. The lowest BCUT2D eigenvalue weighted by molar-refractivity contribution is -0.781. The molecule has 8 nitrogen and oxygen atoms in total. The molecule has 4 atom stereocenters. The average molecular weight is 258 g/mol. The molecule has 8 heteroatoms. The number of nitrogens with two attached hydrogens (primary N) is 1. The van der Waals surface area contributed by atoms with Crippen molar-refractivity contribution in [2.24, 2.45) is 7.05 Å². The van der Waals surface area contributed by atoms with E-state index in [-0.39, 0.29) is 5.82 Å². The molecule has 2 heterocycles. The molecular weight excluding hydrogens is 242 g/mol. The number of aliphatic hydroxyl groups excluding tert-OH is 3. The maximum atomic E-state index is 11.9. The number of nitrogen functional groups attached to an aromatic ring is 1. The Morgan fingerprint density at radius 3 is 2.72 bits per heavy atom. The smallest absolute Gasteiger partial charge is 0.394 e. The van der Waals surface area contributed by atoms with E-state index in [2.05, 4.69) is 0 Å². The van der Waals surface area contributed by atoms with Crippen LogP contribution in [0.25, 0.3) is 0 Å². The fraction of sp³-hybridized carbons (Fsp3) is 0.600. The fourth-order valence-electron chi connectivity index (χ4n) is 1.92. The van der Waals surface area contributed by atoms with Gasteiger partial charge in [0.05, 0.1) is 13.7 Å². The summed E-state index contributed by atoms with van der Waals surface area (Å²) in [6.07, 6.45) is -3.12. The predicted molar refractivity (Wildman–Crippen MR) is 59.3 cm³/mol. The lowest BCUT2D eigenvalue weighted by Gasteiger charge is -2.12. The summed E-state index contributed by atoms with van der Waals surface area (Å²) < 4.78 is 7.57. The van der Waals surface area contributed by atoms with E-state index in [4.69, 9.17) is 15.6 Å². The van der Waals surface area contributed by atoms with E-state index in [0.29, 0.717) is 0 Å². The molecule has 0 aromatic carbocycles.